The van der Waals surface area contributed by atoms with Crippen molar-refractivity contribution in [1.29, 1.82) is 0 Å². The second-order valence-electron chi connectivity index (χ2n) is 5.43. The molecule has 21 heavy (non-hydrogen) atoms. The Morgan fingerprint density at radius 1 is 1.33 bits per heavy atom. The van der Waals surface area contributed by atoms with E-state index in [-0.39, 0.29) is 5.92 Å². The maximum absolute atomic E-state index is 5.47. The normalized spacial score (nSPS) is 14.1. The fourth-order valence-electron chi connectivity index (χ4n) is 2.40. The van der Waals surface area contributed by atoms with E-state index in [9.17, 15) is 0 Å². The van der Waals surface area contributed by atoms with E-state index < -0.39 is 0 Å². The van der Waals surface area contributed by atoms with Gasteiger partial charge in [0.1, 0.15) is 5.69 Å². The van der Waals surface area contributed by atoms with Crippen molar-refractivity contribution in [2.45, 2.75) is 52.5 Å². The summed E-state index contributed by atoms with van der Waals surface area (Å²) in [7, 11) is 0. The fourth-order valence-corrected chi connectivity index (χ4v) is 2.40. The van der Waals surface area contributed by atoms with Gasteiger partial charge >= 0.3 is 0 Å². The highest BCUT2D eigenvalue weighted by Gasteiger charge is 2.23. The van der Waals surface area contributed by atoms with Gasteiger partial charge in [0.15, 0.2) is 0 Å². The average molecular weight is 288 g/mol. The third-order valence-corrected chi connectivity index (χ3v) is 3.66. The predicted molar refractivity (Wildman–Crippen MR) is 83.1 cm³/mol. The van der Waals surface area contributed by atoms with E-state index in [1.165, 1.54) is 0 Å². The Bertz CT molecular complexity index is 567. The monoisotopic (exact) mass is 288 g/mol. The molecule has 1 N–H and O–H groups in total. The van der Waals surface area contributed by atoms with Crippen molar-refractivity contribution in [3.8, 4) is 11.5 Å². The number of rotatable bonds is 7. The van der Waals surface area contributed by atoms with Crippen LogP contribution >= 0.6 is 0 Å². The van der Waals surface area contributed by atoms with Crippen molar-refractivity contribution in [3.63, 3.8) is 0 Å². The number of aryl methyl sites for hydroxylation is 1. The van der Waals surface area contributed by atoms with Crippen molar-refractivity contribution in [3.05, 3.63) is 29.8 Å². The SMILES string of the molecule is CCCNC(C)C(CC)c1nc(-c2cc(C)ccn2)no1. The Hall–Kier alpha value is -1.75. The van der Waals surface area contributed by atoms with Gasteiger partial charge in [-0.25, -0.2) is 0 Å². The van der Waals surface area contributed by atoms with Gasteiger partial charge in [-0.05, 0) is 50.9 Å². The van der Waals surface area contributed by atoms with Crippen molar-refractivity contribution < 1.29 is 4.52 Å². The van der Waals surface area contributed by atoms with Crippen molar-refractivity contribution in [2.24, 2.45) is 0 Å². The van der Waals surface area contributed by atoms with Gasteiger partial charge in [0, 0.05) is 12.2 Å². The number of pyridine rings is 1. The van der Waals surface area contributed by atoms with Gasteiger partial charge in [-0.3, -0.25) is 4.98 Å². The maximum Gasteiger partial charge on any atom is 0.231 e. The first-order valence-electron chi connectivity index (χ1n) is 7.65. The number of nitrogens with zero attached hydrogens (tertiary/aromatic N) is 3. The number of hydrogen-bond donors (Lipinski definition) is 1. The summed E-state index contributed by atoms with van der Waals surface area (Å²) < 4.78 is 5.47. The molecule has 0 bridgehead atoms. The maximum atomic E-state index is 5.47. The van der Waals surface area contributed by atoms with Crippen LogP contribution in [0.5, 0.6) is 0 Å². The second-order valence-corrected chi connectivity index (χ2v) is 5.43. The summed E-state index contributed by atoms with van der Waals surface area (Å²) in [6.45, 7) is 9.49. The van der Waals surface area contributed by atoms with Gasteiger partial charge in [-0.2, -0.15) is 4.98 Å². The molecule has 0 saturated heterocycles. The second kappa shape index (κ2) is 7.31. The summed E-state index contributed by atoms with van der Waals surface area (Å²) in [5, 5.41) is 7.58. The van der Waals surface area contributed by atoms with Crippen LogP contribution in [0.4, 0.5) is 0 Å². The van der Waals surface area contributed by atoms with Gasteiger partial charge in [-0.1, -0.05) is 19.0 Å². The van der Waals surface area contributed by atoms with Gasteiger partial charge in [-0.15, -0.1) is 0 Å². The Morgan fingerprint density at radius 2 is 2.14 bits per heavy atom. The quantitative estimate of drug-likeness (QED) is 0.846. The minimum atomic E-state index is 0.225. The lowest BCUT2D eigenvalue weighted by atomic mass is 9.98. The molecule has 0 aliphatic heterocycles. The molecule has 0 aliphatic rings. The number of nitrogens with one attached hydrogen (secondary N) is 1. The van der Waals surface area contributed by atoms with Crippen LogP contribution in [-0.4, -0.2) is 27.7 Å². The van der Waals surface area contributed by atoms with Crippen molar-refractivity contribution in [2.75, 3.05) is 6.54 Å². The van der Waals surface area contributed by atoms with Crippen LogP contribution in [0.15, 0.2) is 22.9 Å². The minimum absolute atomic E-state index is 0.225. The van der Waals surface area contributed by atoms with Crippen LogP contribution in [0.3, 0.4) is 0 Å². The lowest BCUT2D eigenvalue weighted by Crippen LogP contribution is -2.32. The van der Waals surface area contributed by atoms with E-state index in [0.29, 0.717) is 17.8 Å². The van der Waals surface area contributed by atoms with Crippen LogP contribution in [0.25, 0.3) is 11.5 Å². The summed E-state index contributed by atoms with van der Waals surface area (Å²) in [5.41, 5.74) is 1.89. The average Bonchev–Trinajstić information content (AvgIpc) is 2.95. The molecule has 2 heterocycles. The first kappa shape index (κ1) is 15.6. The summed E-state index contributed by atoms with van der Waals surface area (Å²) in [4.78, 5) is 8.84. The Kier molecular flexibility index (Phi) is 5.44. The molecule has 114 valence electrons. The Balaban J connectivity index is 2.17. The smallest absolute Gasteiger partial charge is 0.231 e. The molecule has 2 unspecified atom stereocenters. The third-order valence-electron chi connectivity index (χ3n) is 3.66. The van der Waals surface area contributed by atoms with E-state index in [0.717, 1.165) is 30.6 Å². The van der Waals surface area contributed by atoms with Crippen LogP contribution in [0.2, 0.25) is 0 Å². The van der Waals surface area contributed by atoms with Crippen molar-refractivity contribution in [1.82, 2.24) is 20.4 Å². The van der Waals surface area contributed by atoms with Gasteiger partial charge in [0.25, 0.3) is 0 Å². The molecule has 5 heteroatoms. The molecule has 0 spiro atoms. The lowest BCUT2D eigenvalue weighted by Gasteiger charge is -2.20. The molecule has 0 fully saturated rings. The molecule has 0 saturated carbocycles. The molecule has 2 aromatic heterocycles. The third kappa shape index (κ3) is 3.88. The molecule has 0 amide bonds. The molecule has 0 radical (unpaired) electrons. The van der Waals surface area contributed by atoms with Gasteiger partial charge in [0.05, 0.1) is 5.92 Å². The minimum Gasteiger partial charge on any atom is -0.339 e. The van der Waals surface area contributed by atoms with Gasteiger partial charge in [0.2, 0.25) is 11.7 Å². The zero-order valence-corrected chi connectivity index (χ0v) is 13.3. The molecule has 5 nitrogen and oxygen atoms in total. The topological polar surface area (TPSA) is 63.8 Å². The molecular formula is C16H24N4O. The predicted octanol–water partition coefficient (Wildman–Crippen LogP) is 3.32. The lowest BCUT2D eigenvalue weighted by molar-refractivity contribution is 0.316. The Morgan fingerprint density at radius 3 is 2.81 bits per heavy atom. The van der Waals surface area contributed by atoms with Crippen LogP contribution < -0.4 is 5.32 Å². The van der Waals surface area contributed by atoms with E-state index >= 15 is 0 Å². The zero-order valence-electron chi connectivity index (χ0n) is 13.3. The first-order valence-corrected chi connectivity index (χ1v) is 7.65. The van der Waals surface area contributed by atoms with Crippen molar-refractivity contribution >= 4 is 0 Å². The van der Waals surface area contributed by atoms with Crippen LogP contribution in [0, 0.1) is 6.92 Å². The molecule has 2 atom stereocenters. The van der Waals surface area contributed by atoms with Gasteiger partial charge < -0.3 is 9.84 Å². The summed E-state index contributed by atoms with van der Waals surface area (Å²) >= 11 is 0. The molecule has 2 aromatic rings. The van der Waals surface area contributed by atoms with E-state index in [1.807, 2.05) is 19.1 Å². The van der Waals surface area contributed by atoms with E-state index in [2.05, 4.69) is 41.2 Å². The number of hydrogen-bond acceptors (Lipinski definition) is 5. The largest absolute Gasteiger partial charge is 0.339 e. The first-order chi connectivity index (χ1) is 10.2. The summed E-state index contributed by atoms with van der Waals surface area (Å²) in [6.07, 6.45) is 3.84. The highest BCUT2D eigenvalue weighted by molar-refractivity contribution is 5.49. The fraction of sp³-hybridized carbons (Fsp3) is 0.562. The molecular weight excluding hydrogens is 264 g/mol. The Labute approximate surface area is 126 Å². The zero-order chi connectivity index (χ0) is 15.2. The molecule has 2 rings (SSSR count). The van der Waals surface area contributed by atoms with Crippen LogP contribution in [-0.2, 0) is 0 Å². The van der Waals surface area contributed by atoms with E-state index in [1.54, 1.807) is 6.20 Å². The highest BCUT2D eigenvalue weighted by Crippen LogP contribution is 2.24. The van der Waals surface area contributed by atoms with Crippen LogP contribution in [0.1, 0.15) is 51.0 Å². The molecule has 0 aromatic carbocycles. The standard InChI is InChI=1S/C16H24N4O/c1-5-8-17-12(4)13(6-2)16-19-15(20-21-16)14-10-11(3)7-9-18-14/h7,9-10,12-13,17H,5-6,8H2,1-4H3. The van der Waals surface area contributed by atoms with E-state index in [4.69, 9.17) is 4.52 Å². The molecule has 0 aliphatic carbocycles. The highest BCUT2D eigenvalue weighted by atomic mass is 16.5. The summed E-state index contributed by atoms with van der Waals surface area (Å²) in [5.74, 6) is 1.48. The summed E-state index contributed by atoms with van der Waals surface area (Å²) in [6, 6.07) is 4.23. The number of aromatic nitrogens is 3.